The highest BCUT2D eigenvalue weighted by atomic mass is 35.5. The van der Waals surface area contributed by atoms with Crippen LogP contribution in [-0.2, 0) is 11.3 Å². The Morgan fingerprint density at radius 1 is 1.03 bits per heavy atom. The van der Waals surface area contributed by atoms with Crippen LogP contribution in [0.2, 0.25) is 5.02 Å². The minimum atomic E-state index is -0.231. The highest BCUT2D eigenvalue weighted by molar-refractivity contribution is 6.30. The zero-order valence-electron chi connectivity index (χ0n) is 17.7. The van der Waals surface area contributed by atoms with E-state index in [1.807, 2.05) is 37.3 Å². The van der Waals surface area contributed by atoms with Gasteiger partial charge < -0.3 is 19.2 Å². The Labute approximate surface area is 189 Å². The molecule has 164 valence electrons. The smallest absolute Gasteiger partial charge is 0.330 e. The second-order valence-electron chi connectivity index (χ2n) is 7.73. The van der Waals surface area contributed by atoms with Crippen LogP contribution < -0.4 is 16.1 Å². The van der Waals surface area contributed by atoms with Crippen molar-refractivity contribution in [2.75, 3.05) is 31.2 Å². The number of aromatic nitrogens is 3. The fourth-order valence-electron chi connectivity index (χ4n) is 4.35. The van der Waals surface area contributed by atoms with Crippen molar-refractivity contribution in [3.63, 3.8) is 0 Å². The number of nitrogens with one attached hydrogen (secondary N) is 1. The van der Waals surface area contributed by atoms with Crippen molar-refractivity contribution in [2.24, 2.45) is 0 Å². The number of aromatic amines is 1. The minimum Gasteiger partial charge on any atom is -0.378 e. The number of ether oxygens (including phenoxy) is 1. The van der Waals surface area contributed by atoms with Crippen LogP contribution in [0.25, 0.3) is 27.8 Å². The molecule has 2 aromatic heterocycles. The summed E-state index contributed by atoms with van der Waals surface area (Å²) in [6.45, 7) is 5.20. The fraction of sp³-hybridized carbons (Fsp3) is 0.250. The summed E-state index contributed by atoms with van der Waals surface area (Å²) in [5.41, 5.74) is 3.80. The van der Waals surface area contributed by atoms with Crippen LogP contribution in [0.4, 0.5) is 5.69 Å². The van der Waals surface area contributed by atoms with Crippen molar-refractivity contribution < 1.29 is 4.74 Å². The van der Waals surface area contributed by atoms with Gasteiger partial charge >= 0.3 is 5.69 Å². The van der Waals surface area contributed by atoms with Crippen LogP contribution >= 0.6 is 11.6 Å². The van der Waals surface area contributed by atoms with Crippen molar-refractivity contribution >= 4 is 28.2 Å². The van der Waals surface area contributed by atoms with Gasteiger partial charge in [0.1, 0.15) is 0 Å². The van der Waals surface area contributed by atoms with E-state index in [2.05, 4.69) is 9.88 Å². The number of nitrogens with zero attached hydrogens (tertiary/aromatic N) is 3. The van der Waals surface area contributed by atoms with Crippen LogP contribution in [0.15, 0.2) is 64.3 Å². The van der Waals surface area contributed by atoms with Gasteiger partial charge in [0.05, 0.1) is 35.8 Å². The average Bonchev–Trinajstić information content (AvgIpc) is 3.20. The third-order valence-corrected chi connectivity index (χ3v) is 6.17. The molecule has 0 saturated carbocycles. The Morgan fingerprint density at radius 2 is 1.78 bits per heavy atom. The SMILES string of the molecule is CCn1c(=O)cc(N2CCOCC2)c2cc(-n3c(-c4ccc(Cl)cc4)c[nH]c3=O)ccc21. The van der Waals surface area contributed by atoms with Gasteiger partial charge in [0.15, 0.2) is 0 Å². The van der Waals surface area contributed by atoms with Crippen molar-refractivity contribution in [1.82, 2.24) is 14.1 Å². The normalized spacial score (nSPS) is 14.2. The van der Waals surface area contributed by atoms with E-state index in [1.165, 1.54) is 0 Å². The number of benzene rings is 2. The highest BCUT2D eigenvalue weighted by Gasteiger charge is 2.18. The summed E-state index contributed by atoms with van der Waals surface area (Å²) in [6, 6.07) is 14.9. The lowest BCUT2D eigenvalue weighted by molar-refractivity contribution is 0.123. The number of fused-ring (bicyclic) bond motifs is 1. The zero-order chi connectivity index (χ0) is 22.2. The lowest BCUT2D eigenvalue weighted by Gasteiger charge is -2.30. The van der Waals surface area contributed by atoms with E-state index in [0.29, 0.717) is 24.8 Å². The Morgan fingerprint density at radius 3 is 2.50 bits per heavy atom. The van der Waals surface area contributed by atoms with Crippen LogP contribution in [0, 0.1) is 0 Å². The first kappa shape index (κ1) is 20.6. The van der Waals surface area contributed by atoms with Gasteiger partial charge in [-0.15, -0.1) is 0 Å². The molecule has 1 aliphatic rings. The molecular weight excluding hydrogens is 428 g/mol. The largest absolute Gasteiger partial charge is 0.378 e. The average molecular weight is 451 g/mol. The molecule has 7 nitrogen and oxygen atoms in total. The number of rotatable bonds is 4. The molecule has 1 fully saturated rings. The second kappa shape index (κ2) is 8.33. The number of aryl methyl sites for hydroxylation is 1. The quantitative estimate of drug-likeness (QED) is 0.515. The van der Waals surface area contributed by atoms with Crippen LogP contribution in [0.1, 0.15) is 6.92 Å². The number of pyridine rings is 1. The molecule has 1 aliphatic heterocycles. The predicted octanol–water partition coefficient (Wildman–Crippen LogP) is 3.66. The van der Waals surface area contributed by atoms with Gasteiger partial charge in [-0.3, -0.25) is 9.36 Å². The first-order chi connectivity index (χ1) is 15.6. The van der Waals surface area contributed by atoms with Gasteiger partial charge in [0, 0.05) is 47.9 Å². The number of H-pyrrole nitrogens is 1. The van der Waals surface area contributed by atoms with E-state index in [1.54, 1.807) is 33.5 Å². The Hall–Kier alpha value is -3.29. The molecule has 1 saturated heterocycles. The molecule has 0 amide bonds. The maximum absolute atomic E-state index is 12.8. The van der Waals surface area contributed by atoms with Crippen LogP contribution in [0.5, 0.6) is 0 Å². The minimum absolute atomic E-state index is 0.0325. The van der Waals surface area contributed by atoms with Gasteiger partial charge in [-0.2, -0.15) is 0 Å². The number of morpholine rings is 1. The molecular formula is C24H23ClN4O3. The maximum atomic E-state index is 12.8. The van der Waals surface area contributed by atoms with Crippen molar-refractivity contribution in [1.29, 1.82) is 0 Å². The topological polar surface area (TPSA) is 72.3 Å². The number of anilines is 1. The molecule has 8 heteroatoms. The number of halogens is 1. The van der Waals surface area contributed by atoms with Crippen LogP contribution in [-0.4, -0.2) is 40.4 Å². The zero-order valence-corrected chi connectivity index (χ0v) is 18.4. The maximum Gasteiger partial charge on any atom is 0.330 e. The first-order valence-electron chi connectivity index (χ1n) is 10.6. The van der Waals surface area contributed by atoms with Crippen molar-refractivity contribution in [3.8, 4) is 16.9 Å². The molecule has 0 spiro atoms. The van der Waals surface area contributed by atoms with E-state index in [-0.39, 0.29) is 11.2 Å². The molecule has 2 aromatic carbocycles. The Kier molecular flexibility index (Phi) is 5.36. The fourth-order valence-corrected chi connectivity index (χ4v) is 4.47. The third-order valence-electron chi connectivity index (χ3n) is 5.92. The summed E-state index contributed by atoms with van der Waals surface area (Å²) in [5.74, 6) is 0. The van der Waals surface area contributed by atoms with Gasteiger partial charge in [-0.1, -0.05) is 23.7 Å². The monoisotopic (exact) mass is 450 g/mol. The van der Waals surface area contributed by atoms with Gasteiger partial charge in [0.25, 0.3) is 5.56 Å². The van der Waals surface area contributed by atoms with Crippen molar-refractivity contribution in [2.45, 2.75) is 13.5 Å². The van der Waals surface area contributed by atoms with E-state index >= 15 is 0 Å². The highest BCUT2D eigenvalue weighted by Crippen LogP contribution is 2.30. The van der Waals surface area contributed by atoms with E-state index in [9.17, 15) is 9.59 Å². The lowest BCUT2D eigenvalue weighted by Crippen LogP contribution is -2.37. The Bertz CT molecular complexity index is 1400. The molecule has 0 atom stereocenters. The number of hydrogen-bond acceptors (Lipinski definition) is 4. The molecule has 0 aliphatic carbocycles. The third kappa shape index (κ3) is 3.53. The first-order valence-corrected chi connectivity index (χ1v) is 11.0. The number of hydrogen-bond donors (Lipinski definition) is 1. The molecule has 0 radical (unpaired) electrons. The summed E-state index contributed by atoms with van der Waals surface area (Å²) < 4.78 is 8.89. The number of imidazole rings is 1. The predicted molar refractivity (Wildman–Crippen MR) is 127 cm³/mol. The van der Waals surface area contributed by atoms with E-state index in [0.717, 1.165) is 46.6 Å². The van der Waals surface area contributed by atoms with Crippen LogP contribution in [0.3, 0.4) is 0 Å². The van der Waals surface area contributed by atoms with Gasteiger partial charge in [0.2, 0.25) is 0 Å². The molecule has 4 aromatic rings. The molecule has 32 heavy (non-hydrogen) atoms. The summed E-state index contributed by atoms with van der Waals surface area (Å²) in [4.78, 5) is 30.6. The standard InChI is InChI=1S/C24H23ClN4O3/c1-2-28-20-8-7-18(13-19(20)21(14-23(28)30)27-9-11-32-12-10-27)29-22(15-26-24(29)31)16-3-5-17(25)6-4-16/h3-8,13-15H,2,9-12H2,1H3,(H,26,31). The van der Waals surface area contributed by atoms with Gasteiger partial charge in [-0.25, -0.2) is 4.79 Å². The summed E-state index contributed by atoms with van der Waals surface area (Å²) >= 11 is 6.04. The molecule has 0 unspecified atom stereocenters. The van der Waals surface area contributed by atoms with Crippen molar-refractivity contribution in [3.05, 3.63) is 80.6 Å². The summed E-state index contributed by atoms with van der Waals surface area (Å²) in [7, 11) is 0. The Balaban J connectivity index is 1.73. The van der Waals surface area contributed by atoms with E-state index in [4.69, 9.17) is 16.3 Å². The molecule has 0 bridgehead atoms. The molecule has 3 heterocycles. The van der Waals surface area contributed by atoms with E-state index < -0.39 is 0 Å². The molecule has 5 rings (SSSR count). The van der Waals surface area contributed by atoms with Gasteiger partial charge in [-0.05, 0) is 37.3 Å². The molecule has 1 N–H and O–H groups in total. The summed E-state index contributed by atoms with van der Waals surface area (Å²) in [5, 5.41) is 1.57. The lowest BCUT2D eigenvalue weighted by atomic mass is 10.1. The second-order valence-corrected chi connectivity index (χ2v) is 8.17. The summed E-state index contributed by atoms with van der Waals surface area (Å²) in [6.07, 6.45) is 1.70.